The summed E-state index contributed by atoms with van der Waals surface area (Å²) in [6, 6.07) is 16.2. The third kappa shape index (κ3) is 4.49. The van der Waals surface area contributed by atoms with Crippen LogP contribution in [0.3, 0.4) is 0 Å². The molecule has 1 saturated heterocycles. The van der Waals surface area contributed by atoms with E-state index in [2.05, 4.69) is 11.0 Å². The molecule has 4 heteroatoms. The van der Waals surface area contributed by atoms with E-state index in [0.717, 1.165) is 49.5 Å². The lowest BCUT2D eigenvalue weighted by Gasteiger charge is -2.30. The minimum Gasteiger partial charge on any atom is -0.493 e. The van der Waals surface area contributed by atoms with Crippen LogP contribution in [0.5, 0.6) is 11.5 Å². The molecule has 1 N–H and O–H groups in total. The highest BCUT2D eigenvalue weighted by Crippen LogP contribution is 2.29. The molecule has 1 atom stereocenters. The average Bonchev–Trinajstić information content (AvgIpc) is 2.61. The smallest absolute Gasteiger partial charge is 0.161 e. The van der Waals surface area contributed by atoms with E-state index in [-0.39, 0.29) is 6.10 Å². The average molecular weight is 327 g/mol. The molecule has 0 bridgehead atoms. The summed E-state index contributed by atoms with van der Waals surface area (Å²) in [6.45, 7) is 3.13. The first-order chi connectivity index (χ1) is 11.7. The fourth-order valence-electron chi connectivity index (χ4n) is 3.10. The number of β-amino-alcohol motifs (C(OH)–C–C–N with tert-alkyl or cyclic N) is 1. The molecule has 3 rings (SSSR count). The van der Waals surface area contributed by atoms with E-state index < -0.39 is 0 Å². The predicted octanol–water partition coefficient (Wildman–Crippen LogP) is 3.23. The molecule has 4 nitrogen and oxygen atoms in total. The third-order valence-corrected chi connectivity index (χ3v) is 4.35. The monoisotopic (exact) mass is 327 g/mol. The number of benzene rings is 2. The number of aliphatic hydroxyl groups excluding tert-OH is 1. The van der Waals surface area contributed by atoms with E-state index in [1.165, 1.54) is 5.56 Å². The zero-order valence-corrected chi connectivity index (χ0v) is 14.1. The molecule has 0 unspecified atom stereocenters. The molecule has 0 saturated carbocycles. The maximum Gasteiger partial charge on any atom is 0.161 e. The highest BCUT2D eigenvalue weighted by atomic mass is 16.5. The van der Waals surface area contributed by atoms with Gasteiger partial charge in [0.1, 0.15) is 6.61 Å². The Bertz CT molecular complexity index is 645. The van der Waals surface area contributed by atoms with E-state index in [1.807, 2.05) is 42.5 Å². The van der Waals surface area contributed by atoms with Gasteiger partial charge in [-0.25, -0.2) is 0 Å². The van der Waals surface area contributed by atoms with Gasteiger partial charge in [0.2, 0.25) is 0 Å². The van der Waals surface area contributed by atoms with E-state index >= 15 is 0 Å². The van der Waals surface area contributed by atoms with Crippen molar-refractivity contribution in [3.8, 4) is 11.5 Å². The number of methoxy groups -OCH3 is 1. The summed E-state index contributed by atoms with van der Waals surface area (Å²) in [5, 5.41) is 9.79. The van der Waals surface area contributed by atoms with Crippen LogP contribution in [-0.2, 0) is 13.2 Å². The summed E-state index contributed by atoms with van der Waals surface area (Å²) in [5.74, 6) is 1.50. The van der Waals surface area contributed by atoms with Crippen LogP contribution in [0.1, 0.15) is 24.0 Å². The maximum atomic E-state index is 9.79. The Labute approximate surface area is 143 Å². The molecule has 2 aromatic carbocycles. The largest absolute Gasteiger partial charge is 0.493 e. The van der Waals surface area contributed by atoms with Gasteiger partial charge in [-0.2, -0.15) is 0 Å². The second-order valence-electron chi connectivity index (χ2n) is 6.29. The fraction of sp³-hybridized carbons (Fsp3) is 0.400. The summed E-state index contributed by atoms with van der Waals surface area (Å²) in [6.07, 6.45) is 1.76. The molecule has 1 fully saturated rings. The van der Waals surface area contributed by atoms with Crippen LogP contribution in [0.2, 0.25) is 0 Å². The summed E-state index contributed by atoms with van der Waals surface area (Å²) >= 11 is 0. The first-order valence-corrected chi connectivity index (χ1v) is 8.48. The summed E-state index contributed by atoms with van der Waals surface area (Å²) in [5.41, 5.74) is 2.30. The second kappa shape index (κ2) is 8.18. The minimum absolute atomic E-state index is 0.200. The van der Waals surface area contributed by atoms with Crippen molar-refractivity contribution < 1.29 is 14.6 Å². The Hall–Kier alpha value is -2.04. The number of piperidine rings is 1. The summed E-state index contributed by atoms with van der Waals surface area (Å²) in [4.78, 5) is 2.29. The fourth-order valence-corrected chi connectivity index (χ4v) is 3.10. The lowest BCUT2D eigenvalue weighted by molar-refractivity contribution is 0.0668. The molecule has 0 amide bonds. The normalized spacial score (nSPS) is 18.3. The molecule has 0 aliphatic carbocycles. The molecule has 2 aromatic rings. The molecule has 1 heterocycles. The van der Waals surface area contributed by atoms with Crippen molar-refractivity contribution in [1.82, 2.24) is 4.90 Å². The predicted molar refractivity (Wildman–Crippen MR) is 94.3 cm³/mol. The number of aliphatic hydroxyl groups is 1. The lowest BCUT2D eigenvalue weighted by Crippen LogP contribution is -2.37. The second-order valence-corrected chi connectivity index (χ2v) is 6.29. The van der Waals surface area contributed by atoms with Crippen LogP contribution < -0.4 is 9.47 Å². The Balaban J connectivity index is 1.64. The Morgan fingerprint density at radius 1 is 1.08 bits per heavy atom. The van der Waals surface area contributed by atoms with Gasteiger partial charge in [-0.15, -0.1) is 0 Å². The Kier molecular flexibility index (Phi) is 5.72. The van der Waals surface area contributed by atoms with Crippen LogP contribution in [0.4, 0.5) is 0 Å². The lowest BCUT2D eigenvalue weighted by atomic mass is 10.1. The van der Waals surface area contributed by atoms with Crippen molar-refractivity contribution >= 4 is 0 Å². The molecule has 24 heavy (non-hydrogen) atoms. The van der Waals surface area contributed by atoms with Gasteiger partial charge in [-0.05, 0) is 42.6 Å². The number of nitrogens with zero attached hydrogens (tertiary/aromatic N) is 1. The van der Waals surface area contributed by atoms with Crippen LogP contribution in [0.15, 0.2) is 48.5 Å². The molecule has 0 radical (unpaired) electrons. The molecule has 1 aliphatic rings. The zero-order chi connectivity index (χ0) is 16.8. The van der Waals surface area contributed by atoms with Gasteiger partial charge in [0.05, 0.1) is 13.2 Å². The molecule has 128 valence electrons. The zero-order valence-electron chi connectivity index (χ0n) is 14.1. The van der Waals surface area contributed by atoms with Crippen molar-refractivity contribution in [2.24, 2.45) is 0 Å². The first-order valence-electron chi connectivity index (χ1n) is 8.48. The quantitative estimate of drug-likeness (QED) is 0.884. The first kappa shape index (κ1) is 16.8. The highest BCUT2D eigenvalue weighted by Gasteiger charge is 2.18. The number of ether oxygens (including phenoxy) is 2. The third-order valence-electron chi connectivity index (χ3n) is 4.35. The molecule has 1 aliphatic heterocycles. The van der Waals surface area contributed by atoms with E-state index in [4.69, 9.17) is 9.47 Å². The van der Waals surface area contributed by atoms with Gasteiger partial charge in [0, 0.05) is 13.1 Å². The SMILES string of the molecule is COc1cc(CN2CCC[C@H](O)C2)ccc1OCc1ccccc1. The van der Waals surface area contributed by atoms with Crippen LogP contribution in [0, 0.1) is 0 Å². The molecule has 0 spiro atoms. The number of rotatable bonds is 6. The number of hydrogen-bond acceptors (Lipinski definition) is 4. The van der Waals surface area contributed by atoms with Crippen molar-refractivity contribution in [1.29, 1.82) is 0 Å². The van der Waals surface area contributed by atoms with Crippen molar-refractivity contribution in [3.63, 3.8) is 0 Å². The standard InChI is InChI=1S/C20H25NO3/c1-23-20-12-17(13-21-11-5-8-18(22)14-21)9-10-19(20)24-15-16-6-3-2-4-7-16/h2-4,6-7,9-10,12,18,22H,5,8,11,13-15H2,1H3/t18-/m0/s1. The molecular weight excluding hydrogens is 302 g/mol. The number of hydrogen-bond donors (Lipinski definition) is 1. The van der Waals surface area contributed by atoms with E-state index in [0.29, 0.717) is 6.61 Å². The van der Waals surface area contributed by atoms with E-state index in [9.17, 15) is 5.11 Å². The Morgan fingerprint density at radius 2 is 1.92 bits per heavy atom. The van der Waals surface area contributed by atoms with Gasteiger partial charge in [-0.1, -0.05) is 36.4 Å². The van der Waals surface area contributed by atoms with Gasteiger partial charge in [0.25, 0.3) is 0 Å². The van der Waals surface area contributed by atoms with Gasteiger partial charge in [0.15, 0.2) is 11.5 Å². The van der Waals surface area contributed by atoms with Gasteiger partial charge >= 0.3 is 0 Å². The minimum atomic E-state index is -0.200. The summed E-state index contributed by atoms with van der Waals surface area (Å²) in [7, 11) is 1.67. The summed E-state index contributed by atoms with van der Waals surface area (Å²) < 4.78 is 11.4. The van der Waals surface area contributed by atoms with Gasteiger partial charge < -0.3 is 14.6 Å². The van der Waals surface area contributed by atoms with Crippen LogP contribution in [-0.4, -0.2) is 36.3 Å². The van der Waals surface area contributed by atoms with Gasteiger partial charge in [-0.3, -0.25) is 4.90 Å². The van der Waals surface area contributed by atoms with Crippen molar-refractivity contribution in [2.45, 2.75) is 32.1 Å². The van der Waals surface area contributed by atoms with Crippen molar-refractivity contribution in [3.05, 3.63) is 59.7 Å². The van der Waals surface area contributed by atoms with Crippen molar-refractivity contribution in [2.75, 3.05) is 20.2 Å². The number of likely N-dealkylation sites (tertiary alicyclic amines) is 1. The highest BCUT2D eigenvalue weighted by molar-refractivity contribution is 5.43. The van der Waals surface area contributed by atoms with Crippen LogP contribution in [0.25, 0.3) is 0 Å². The topological polar surface area (TPSA) is 41.9 Å². The maximum absolute atomic E-state index is 9.79. The molecular formula is C20H25NO3. The molecule has 0 aromatic heterocycles. The van der Waals surface area contributed by atoms with E-state index in [1.54, 1.807) is 7.11 Å². The van der Waals surface area contributed by atoms with Crippen LogP contribution >= 0.6 is 0 Å². The Morgan fingerprint density at radius 3 is 2.67 bits per heavy atom.